The van der Waals surface area contributed by atoms with E-state index in [2.05, 4.69) is 19.2 Å². The number of rotatable bonds is 4. The average Bonchev–Trinajstić information content (AvgIpc) is 2.32. The van der Waals surface area contributed by atoms with E-state index < -0.39 is 0 Å². The smallest absolute Gasteiger partial charge is 0.407 e. The lowest BCUT2D eigenvalue weighted by atomic mass is 9.72. The number of nitrogens with one attached hydrogen (secondary N) is 1. The first-order chi connectivity index (χ1) is 8.62. The Morgan fingerprint density at radius 2 is 2.00 bits per heavy atom. The van der Waals surface area contributed by atoms with E-state index in [0.717, 1.165) is 24.8 Å². The molecule has 1 fully saturated rings. The summed E-state index contributed by atoms with van der Waals surface area (Å²) in [6.45, 7) is 4.75. The Bertz CT molecular complexity index is 396. The first kappa shape index (κ1) is 12.9. The molecule has 18 heavy (non-hydrogen) atoms. The van der Waals surface area contributed by atoms with Crippen LogP contribution in [-0.2, 0) is 11.3 Å². The van der Waals surface area contributed by atoms with Crippen molar-refractivity contribution < 1.29 is 9.53 Å². The van der Waals surface area contributed by atoms with Crippen LogP contribution < -0.4 is 5.32 Å². The molecular weight excluding hydrogens is 226 g/mol. The van der Waals surface area contributed by atoms with E-state index >= 15 is 0 Å². The van der Waals surface area contributed by atoms with Crippen molar-refractivity contribution in [2.24, 2.45) is 5.92 Å². The number of amides is 1. The van der Waals surface area contributed by atoms with E-state index in [0.29, 0.717) is 12.5 Å². The zero-order valence-electron chi connectivity index (χ0n) is 11.1. The summed E-state index contributed by atoms with van der Waals surface area (Å²) in [4.78, 5) is 11.8. The summed E-state index contributed by atoms with van der Waals surface area (Å²) in [6, 6.07) is 9.86. The molecule has 2 rings (SSSR count). The molecule has 1 aliphatic carbocycles. The maximum Gasteiger partial charge on any atom is 0.407 e. The SMILES string of the molecule is CC(C)C1(OC(=O)NCc2ccccc2)CCC1. The van der Waals surface area contributed by atoms with E-state index in [-0.39, 0.29) is 11.7 Å². The summed E-state index contributed by atoms with van der Waals surface area (Å²) < 4.78 is 5.61. The van der Waals surface area contributed by atoms with Crippen molar-refractivity contribution in [3.63, 3.8) is 0 Å². The van der Waals surface area contributed by atoms with Gasteiger partial charge < -0.3 is 10.1 Å². The number of ether oxygens (including phenoxy) is 1. The van der Waals surface area contributed by atoms with Crippen molar-refractivity contribution in [1.29, 1.82) is 0 Å². The number of carbonyl (C=O) groups excluding carboxylic acids is 1. The van der Waals surface area contributed by atoms with Gasteiger partial charge in [0.15, 0.2) is 0 Å². The quantitative estimate of drug-likeness (QED) is 0.884. The van der Waals surface area contributed by atoms with Crippen LogP contribution in [0, 0.1) is 5.92 Å². The third kappa shape index (κ3) is 2.84. The molecule has 3 heteroatoms. The molecule has 0 aliphatic heterocycles. The van der Waals surface area contributed by atoms with E-state index in [9.17, 15) is 4.79 Å². The van der Waals surface area contributed by atoms with Gasteiger partial charge in [0.05, 0.1) is 0 Å². The monoisotopic (exact) mass is 247 g/mol. The molecule has 0 unspecified atom stereocenters. The van der Waals surface area contributed by atoms with Crippen LogP contribution in [0.4, 0.5) is 4.79 Å². The Labute approximate surface area is 109 Å². The Kier molecular flexibility index (Phi) is 3.90. The molecule has 1 amide bonds. The Morgan fingerprint density at radius 1 is 1.33 bits per heavy atom. The van der Waals surface area contributed by atoms with E-state index in [4.69, 9.17) is 4.74 Å². The molecular formula is C15H21NO2. The van der Waals surface area contributed by atoms with Gasteiger partial charge in [-0.25, -0.2) is 4.79 Å². The van der Waals surface area contributed by atoms with E-state index in [1.54, 1.807) is 0 Å². The molecule has 1 aromatic rings. The van der Waals surface area contributed by atoms with Crippen molar-refractivity contribution >= 4 is 6.09 Å². The van der Waals surface area contributed by atoms with Crippen LogP contribution in [-0.4, -0.2) is 11.7 Å². The van der Waals surface area contributed by atoms with Crippen LogP contribution in [0.1, 0.15) is 38.7 Å². The van der Waals surface area contributed by atoms with Crippen LogP contribution in [0.25, 0.3) is 0 Å². The molecule has 0 aromatic heterocycles. The molecule has 1 aliphatic rings. The lowest BCUT2D eigenvalue weighted by Gasteiger charge is -2.44. The lowest BCUT2D eigenvalue weighted by molar-refractivity contribution is -0.0812. The fourth-order valence-corrected chi connectivity index (χ4v) is 2.31. The van der Waals surface area contributed by atoms with E-state index in [1.165, 1.54) is 0 Å². The summed E-state index contributed by atoms with van der Waals surface area (Å²) in [5.41, 5.74) is 0.863. The molecule has 0 heterocycles. The second-order valence-electron chi connectivity index (χ2n) is 5.30. The van der Waals surface area contributed by atoms with Gasteiger partial charge in [-0.05, 0) is 30.7 Å². The highest BCUT2D eigenvalue weighted by molar-refractivity contribution is 5.68. The molecule has 98 valence electrons. The molecule has 3 nitrogen and oxygen atoms in total. The van der Waals surface area contributed by atoms with Gasteiger partial charge in [-0.15, -0.1) is 0 Å². The van der Waals surface area contributed by atoms with Crippen LogP contribution in [0.3, 0.4) is 0 Å². The molecule has 0 bridgehead atoms. The topological polar surface area (TPSA) is 38.3 Å². The number of hydrogen-bond donors (Lipinski definition) is 1. The molecule has 1 aromatic carbocycles. The standard InChI is InChI=1S/C15H21NO2/c1-12(2)15(9-6-10-15)18-14(17)16-11-13-7-4-3-5-8-13/h3-5,7-8,12H,6,9-11H2,1-2H3,(H,16,17). The van der Waals surface area contributed by atoms with Crippen LogP contribution in [0.5, 0.6) is 0 Å². The first-order valence-electron chi connectivity index (χ1n) is 6.63. The number of carbonyl (C=O) groups is 1. The maximum atomic E-state index is 11.8. The van der Waals surface area contributed by atoms with E-state index in [1.807, 2.05) is 30.3 Å². The second kappa shape index (κ2) is 5.42. The Hall–Kier alpha value is -1.51. The van der Waals surface area contributed by atoms with Gasteiger partial charge in [0, 0.05) is 6.54 Å². The Morgan fingerprint density at radius 3 is 2.50 bits per heavy atom. The molecule has 0 spiro atoms. The number of benzene rings is 1. The summed E-state index contributed by atoms with van der Waals surface area (Å²) in [7, 11) is 0. The minimum absolute atomic E-state index is 0.221. The second-order valence-corrected chi connectivity index (χ2v) is 5.30. The molecule has 1 saturated carbocycles. The normalized spacial score (nSPS) is 17.1. The summed E-state index contributed by atoms with van der Waals surface area (Å²) in [5, 5.41) is 2.82. The number of alkyl carbamates (subject to hydrolysis) is 1. The van der Waals surface area contributed by atoms with Gasteiger partial charge in [0.2, 0.25) is 0 Å². The minimum atomic E-state index is -0.299. The summed E-state index contributed by atoms with van der Waals surface area (Å²) in [6.07, 6.45) is 2.84. The van der Waals surface area contributed by atoms with Crippen LogP contribution in [0.15, 0.2) is 30.3 Å². The maximum absolute atomic E-state index is 11.8. The highest BCUT2D eigenvalue weighted by Gasteiger charge is 2.43. The first-order valence-corrected chi connectivity index (χ1v) is 6.63. The van der Waals surface area contributed by atoms with Crippen molar-refractivity contribution in [2.45, 2.75) is 45.3 Å². The average molecular weight is 247 g/mol. The van der Waals surface area contributed by atoms with Crippen molar-refractivity contribution in [3.05, 3.63) is 35.9 Å². The predicted octanol–water partition coefficient (Wildman–Crippen LogP) is 3.49. The highest BCUT2D eigenvalue weighted by atomic mass is 16.6. The summed E-state index contributed by atoms with van der Waals surface area (Å²) >= 11 is 0. The Balaban J connectivity index is 1.82. The van der Waals surface area contributed by atoms with Gasteiger partial charge in [-0.1, -0.05) is 44.2 Å². The van der Waals surface area contributed by atoms with Gasteiger partial charge in [-0.3, -0.25) is 0 Å². The predicted molar refractivity (Wildman–Crippen MR) is 71.2 cm³/mol. The molecule has 1 N–H and O–H groups in total. The summed E-state index contributed by atoms with van der Waals surface area (Å²) in [5.74, 6) is 0.383. The third-order valence-electron chi connectivity index (χ3n) is 3.83. The molecule has 0 radical (unpaired) electrons. The highest BCUT2D eigenvalue weighted by Crippen LogP contribution is 2.41. The van der Waals surface area contributed by atoms with Gasteiger partial charge in [0.25, 0.3) is 0 Å². The molecule has 0 saturated heterocycles. The van der Waals surface area contributed by atoms with Gasteiger partial charge >= 0.3 is 6.09 Å². The van der Waals surface area contributed by atoms with Gasteiger partial charge in [0.1, 0.15) is 5.60 Å². The van der Waals surface area contributed by atoms with Gasteiger partial charge in [-0.2, -0.15) is 0 Å². The third-order valence-corrected chi connectivity index (χ3v) is 3.83. The zero-order chi connectivity index (χ0) is 13.0. The zero-order valence-corrected chi connectivity index (χ0v) is 11.1. The fraction of sp³-hybridized carbons (Fsp3) is 0.533. The van der Waals surface area contributed by atoms with Crippen LogP contribution in [0.2, 0.25) is 0 Å². The van der Waals surface area contributed by atoms with Crippen molar-refractivity contribution in [2.75, 3.05) is 0 Å². The molecule has 0 atom stereocenters. The van der Waals surface area contributed by atoms with Crippen molar-refractivity contribution in [3.8, 4) is 0 Å². The number of hydrogen-bond acceptors (Lipinski definition) is 2. The van der Waals surface area contributed by atoms with Crippen molar-refractivity contribution in [1.82, 2.24) is 5.32 Å². The lowest BCUT2D eigenvalue weighted by Crippen LogP contribution is -2.48. The minimum Gasteiger partial charge on any atom is -0.443 e. The van der Waals surface area contributed by atoms with Crippen LogP contribution >= 0.6 is 0 Å². The largest absolute Gasteiger partial charge is 0.443 e. The fourth-order valence-electron chi connectivity index (χ4n) is 2.31.